The second kappa shape index (κ2) is 6.46. The number of sulfone groups is 1. The van der Waals surface area contributed by atoms with Gasteiger partial charge in [0.15, 0.2) is 0 Å². The Bertz CT molecular complexity index is 1010. The number of anilines is 1. The summed E-state index contributed by atoms with van der Waals surface area (Å²) in [5.74, 6) is -1.73. The van der Waals surface area contributed by atoms with Crippen LogP contribution >= 0.6 is 23.2 Å². The van der Waals surface area contributed by atoms with Crippen LogP contribution in [0.2, 0.25) is 10.0 Å². The van der Waals surface area contributed by atoms with Gasteiger partial charge in [-0.15, -0.1) is 0 Å². The first-order valence-corrected chi connectivity index (χ1v) is 9.52. The van der Waals surface area contributed by atoms with Crippen molar-refractivity contribution in [1.82, 2.24) is 5.32 Å². The molecule has 0 spiro atoms. The van der Waals surface area contributed by atoms with Crippen LogP contribution in [0.25, 0.3) is 0 Å². The Morgan fingerprint density at radius 2 is 1.65 bits per heavy atom. The number of halogens is 2. The average molecular weight is 415 g/mol. The van der Waals surface area contributed by atoms with Crippen molar-refractivity contribution >= 4 is 50.7 Å². The zero-order valence-corrected chi connectivity index (χ0v) is 15.3. The van der Waals surface area contributed by atoms with Crippen LogP contribution in [0.3, 0.4) is 0 Å². The van der Waals surface area contributed by atoms with E-state index in [1.165, 1.54) is 42.5 Å². The van der Waals surface area contributed by atoms with Crippen molar-refractivity contribution in [3.8, 4) is 0 Å². The molecule has 2 amide bonds. The van der Waals surface area contributed by atoms with Crippen LogP contribution in [0.15, 0.2) is 53.4 Å². The maximum absolute atomic E-state index is 13.3. The van der Waals surface area contributed by atoms with Crippen molar-refractivity contribution in [3.05, 3.63) is 58.6 Å². The molecule has 1 fully saturated rings. The Balaban J connectivity index is 2.32. The molecule has 1 aliphatic heterocycles. The third-order valence-corrected chi connectivity index (χ3v) is 7.13. The van der Waals surface area contributed by atoms with Crippen LogP contribution < -0.4 is 10.2 Å². The number of nitrogens with zero attached hydrogens (tertiary/aromatic N) is 1. The Labute approximate surface area is 159 Å². The van der Waals surface area contributed by atoms with E-state index in [2.05, 4.69) is 5.32 Å². The maximum atomic E-state index is 13.3. The molecular weight excluding hydrogens is 403 g/mol. The SMILES string of the molecule is O=C1NC[C@@](C(=O)O)(S(=O)(=O)c2ccccc2Cl)N1c1ccccc1Cl. The molecular formula is C16H12Cl2N2O5S. The fraction of sp³-hybridized carbons (Fsp3) is 0.125. The lowest BCUT2D eigenvalue weighted by Gasteiger charge is -2.33. The fourth-order valence-corrected chi connectivity index (χ4v) is 5.32. The number of aliphatic carboxylic acids is 1. The van der Waals surface area contributed by atoms with E-state index in [1.807, 2.05) is 0 Å². The highest BCUT2D eigenvalue weighted by molar-refractivity contribution is 7.94. The highest BCUT2D eigenvalue weighted by atomic mass is 35.5. The third kappa shape index (κ3) is 2.53. The van der Waals surface area contributed by atoms with E-state index < -0.39 is 38.1 Å². The van der Waals surface area contributed by atoms with Crippen LogP contribution in [-0.2, 0) is 14.6 Å². The van der Waals surface area contributed by atoms with Crippen LogP contribution in [-0.4, -0.2) is 36.9 Å². The van der Waals surface area contributed by atoms with Gasteiger partial charge >= 0.3 is 12.0 Å². The summed E-state index contributed by atoms with van der Waals surface area (Å²) in [7, 11) is -4.62. The summed E-state index contributed by atoms with van der Waals surface area (Å²) in [6, 6.07) is 10.4. The summed E-state index contributed by atoms with van der Waals surface area (Å²) in [5.41, 5.74) is -0.0396. The lowest BCUT2D eigenvalue weighted by molar-refractivity contribution is -0.139. The molecule has 0 radical (unpaired) electrons. The van der Waals surface area contributed by atoms with Crippen molar-refractivity contribution in [2.45, 2.75) is 9.77 Å². The number of carbonyl (C=O) groups excluding carboxylic acids is 1. The number of rotatable bonds is 4. The van der Waals surface area contributed by atoms with Crippen LogP contribution in [0.5, 0.6) is 0 Å². The number of para-hydroxylation sites is 1. The van der Waals surface area contributed by atoms with Gasteiger partial charge in [-0.1, -0.05) is 47.5 Å². The van der Waals surface area contributed by atoms with Gasteiger partial charge in [0.1, 0.15) is 0 Å². The summed E-state index contributed by atoms with van der Waals surface area (Å²) in [5, 5.41) is 12.1. The lowest BCUT2D eigenvalue weighted by Crippen LogP contribution is -2.59. The molecule has 1 heterocycles. The van der Waals surface area contributed by atoms with Gasteiger partial charge in [-0.25, -0.2) is 18.0 Å². The predicted molar refractivity (Wildman–Crippen MR) is 96.3 cm³/mol. The van der Waals surface area contributed by atoms with Gasteiger partial charge in [0.2, 0.25) is 9.84 Å². The first kappa shape index (κ1) is 18.5. The van der Waals surface area contributed by atoms with Crippen molar-refractivity contribution in [3.63, 3.8) is 0 Å². The summed E-state index contributed by atoms with van der Waals surface area (Å²) in [6.07, 6.45) is 0. The number of amides is 2. The van der Waals surface area contributed by atoms with Gasteiger partial charge in [-0.3, -0.25) is 4.90 Å². The molecule has 2 N–H and O–H groups in total. The zero-order chi connectivity index (χ0) is 19.1. The average Bonchev–Trinajstić information content (AvgIpc) is 2.94. The van der Waals surface area contributed by atoms with Gasteiger partial charge < -0.3 is 10.4 Å². The van der Waals surface area contributed by atoms with Crippen LogP contribution in [0.4, 0.5) is 10.5 Å². The van der Waals surface area contributed by atoms with Crippen molar-refractivity contribution in [1.29, 1.82) is 0 Å². The van der Waals surface area contributed by atoms with Crippen LogP contribution in [0.1, 0.15) is 0 Å². The highest BCUT2D eigenvalue weighted by Gasteiger charge is 2.63. The van der Waals surface area contributed by atoms with Crippen LogP contribution in [0, 0.1) is 0 Å². The quantitative estimate of drug-likeness (QED) is 0.800. The van der Waals surface area contributed by atoms with Gasteiger partial charge in [0, 0.05) is 0 Å². The van der Waals surface area contributed by atoms with E-state index in [4.69, 9.17) is 23.2 Å². The number of carbonyl (C=O) groups is 2. The Kier molecular flexibility index (Phi) is 4.60. The monoisotopic (exact) mass is 414 g/mol. The summed E-state index contributed by atoms with van der Waals surface area (Å²) in [6.45, 7) is -0.667. The number of carboxylic acids is 1. The molecule has 1 aliphatic rings. The molecule has 0 bridgehead atoms. The minimum absolute atomic E-state index is 0.0320. The normalized spacial score (nSPS) is 20.1. The molecule has 0 aliphatic carbocycles. The molecule has 0 saturated carbocycles. The second-order valence-corrected chi connectivity index (χ2v) is 8.41. The standard InChI is InChI=1S/C16H12Cl2N2O5S/c17-10-5-1-3-7-12(10)20-15(23)19-9-16(20,14(21)22)26(24,25)13-8-4-2-6-11(13)18/h1-8H,9H2,(H,19,23)(H,21,22)/t16-/m0/s1. The molecule has 7 nitrogen and oxygen atoms in total. The minimum atomic E-state index is -4.62. The van der Waals surface area contributed by atoms with Gasteiger partial charge in [0.25, 0.3) is 4.87 Å². The highest BCUT2D eigenvalue weighted by Crippen LogP contribution is 2.41. The molecule has 0 aromatic heterocycles. The second-order valence-electron chi connectivity index (χ2n) is 5.47. The molecule has 10 heteroatoms. The van der Waals surface area contributed by atoms with Crippen molar-refractivity contribution in [2.24, 2.45) is 0 Å². The zero-order valence-electron chi connectivity index (χ0n) is 13.0. The molecule has 1 saturated heterocycles. The van der Waals surface area contributed by atoms with E-state index in [0.29, 0.717) is 4.90 Å². The molecule has 1 atom stereocenters. The Hall–Kier alpha value is -2.29. The van der Waals surface area contributed by atoms with Crippen molar-refractivity contribution < 1.29 is 23.1 Å². The number of carboxylic acid groups (broad SMARTS) is 1. The largest absolute Gasteiger partial charge is 0.479 e. The molecule has 136 valence electrons. The Morgan fingerprint density at radius 1 is 1.08 bits per heavy atom. The Morgan fingerprint density at radius 3 is 2.23 bits per heavy atom. The minimum Gasteiger partial charge on any atom is -0.479 e. The summed E-state index contributed by atoms with van der Waals surface area (Å²) < 4.78 is 26.6. The van der Waals surface area contributed by atoms with E-state index >= 15 is 0 Å². The number of nitrogens with one attached hydrogen (secondary N) is 1. The molecule has 0 unspecified atom stereocenters. The lowest BCUT2D eigenvalue weighted by atomic mass is 10.2. The number of urea groups is 1. The van der Waals surface area contributed by atoms with E-state index in [9.17, 15) is 23.1 Å². The van der Waals surface area contributed by atoms with E-state index in [-0.39, 0.29) is 15.7 Å². The topological polar surface area (TPSA) is 104 Å². The predicted octanol–water partition coefficient (Wildman–Crippen LogP) is 2.78. The smallest absolute Gasteiger partial charge is 0.348 e. The fourth-order valence-electron chi connectivity index (χ4n) is 2.80. The number of hydrogen-bond acceptors (Lipinski definition) is 4. The molecule has 3 rings (SSSR count). The van der Waals surface area contributed by atoms with Crippen molar-refractivity contribution in [2.75, 3.05) is 11.4 Å². The first-order chi connectivity index (χ1) is 12.2. The number of benzene rings is 2. The third-order valence-electron chi connectivity index (χ3n) is 4.04. The van der Waals surface area contributed by atoms with Gasteiger partial charge in [-0.2, -0.15) is 0 Å². The number of hydrogen-bond donors (Lipinski definition) is 2. The van der Waals surface area contributed by atoms with Gasteiger partial charge in [0.05, 0.1) is 27.2 Å². The van der Waals surface area contributed by atoms with E-state index in [0.717, 1.165) is 0 Å². The summed E-state index contributed by atoms with van der Waals surface area (Å²) >= 11 is 12.1. The molecule has 2 aromatic rings. The first-order valence-electron chi connectivity index (χ1n) is 7.28. The summed E-state index contributed by atoms with van der Waals surface area (Å²) in [4.78, 5) is 22.2. The molecule has 26 heavy (non-hydrogen) atoms. The molecule has 2 aromatic carbocycles. The van der Waals surface area contributed by atoms with Gasteiger partial charge in [-0.05, 0) is 24.3 Å². The maximum Gasteiger partial charge on any atom is 0.348 e. The van der Waals surface area contributed by atoms with E-state index in [1.54, 1.807) is 6.07 Å².